The zero-order chi connectivity index (χ0) is 14.8. The minimum atomic E-state index is -0.624. The number of imide groups is 1. The van der Waals surface area contributed by atoms with Crippen molar-refractivity contribution in [3.05, 3.63) is 30.1 Å². The van der Waals surface area contributed by atoms with Gasteiger partial charge >= 0.3 is 6.03 Å². The molecule has 0 aliphatic carbocycles. The third kappa shape index (κ3) is 2.86. The van der Waals surface area contributed by atoms with Crippen molar-refractivity contribution in [3.8, 4) is 0 Å². The molecular weight excluding hydrogens is 272 g/mol. The average molecular weight is 288 g/mol. The smallest absolute Gasteiger partial charge is 0.322 e. The van der Waals surface area contributed by atoms with Gasteiger partial charge in [-0.25, -0.2) is 4.79 Å². The van der Waals surface area contributed by atoms with Gasteiger partial charge in [-0.15, -0.1) is 0 Å². The maximum atomic E-state index is 12.3. The monoisotopic (exact) mass is 288 g/mol. The van der Waals surface area contributed by atoms with E-state index >= 15 is 0 Å². The van der Waals surface area contributed by atoms with E-state index in [0.29, 0.717) is 19.5 Å². The van der Waals surface area contributed by atoms with Crippen molar-refractivity contribution >= 4 is 17.8 Å². The van der Waals surface area contributed by atoms with Crippen LogP contribution < -0.4 is 10.6 Å². The van der Waals surface area contributed by atoms with E-state index in [-0.39, 0.29) is 24.2 Å². The van der Waals surface area contributed by atoms with Crippen molar-refractivity contribution in [2.45, 2.75) is 24.8 Å². The molecule has 7 heteroatoms. The van der Waals surface area contributed by atoms with Gasteiger partial charge in [0.25, 0.3) is 0 Å². The Morgan fingerprint density at radius 3 is 2.81 bits per heavy atom. The SMILES string of the molecule is O=C1CC[C@@H](C(=O)N2CC(c3ccccn3)C2)NC(=O)N1. The second-order valence-corrected chi connectivity index (χ2v) is 5.31. The quantitative estimate of drug-likeness (QED) is 0.801. The molecule has 3 heterocycles. The van der Waals surface area contributed by atoms with E-state index in [9.17, 15) is 14.4 Å². The molecule has 2 saturated heterocycles. The maximum Gasteiger partial charge on any atom is 0.322 e. The number of nitrogens with zero attached hydrogens (tertiary/aromatic N) is 2. The van der Waals surface area contributed by atoms with E-state index in [2.05, 4.69) is 15.6 Å². The highest BCUT2D eigenvalue weighted by Crippen LogP contribution is 2.26. The van der Waals surface area contributed by atoms with Gasteiger partial charge < -0.3 is 10.2 Å². The number of rotatable bonds is 2. The summed E-state index contributed by atoms with van der Waals surface area (Å²) < 4.78 is 0. The van der Waals surface area contributed by atoms with Gasteiger partial charge in [-0.05, 0) is 18.6 Å². The number of hydrogen-bond acceptors (Lipinski definition) is 4. The summed E-state index contributed by atoms with van der Waals surface area (Å²) in [4.78, 5) is 40.9. The number of likely N-dealkylation sites (tertiary alicyclic amines) is 1. The number of carbonyl (C=O) groups is 3. The molecular formula is C14H16N4O3. The van der Waals surface area contributed by atoms with Crippen LogP contribution in [0, 0.1) is 0 Å². The fourth-order valence-electron chi connectivity index (χ4n) is 2.60. The summed E-state index contributed by atoms with van der Waals surface area (Å²) in [5.74, 6) is -0.235. The summed E-state index contributed by atoms with van der Waals surface area (Å²) in [7, 11) is 0. The molecule has 0 unspecified atom stereocenters. The molecule has 21 heavy (non-hydrogen) atoms. The lowest BCUT2D eigenvalue weighted by Crippen LogP contribution is -2.56. The van der Waals surface area contributed by atoms with Crippen LogP contribution in [-0.4, -0.2) is 46.9 Å². The second kappa shape index (κ2) is 5.51. The highest BCUT2D eigenvalue weighted by molar-refractivity contribution is 5.98. The number of urea groups is 1. The first kappa shape index (κ1) is 13.5. The first-order chi connectivity index (χ1) is 10.1. The van der Waals surface area contributed by atoms with Crippen LogP contribution in [0.5, 0.6) is 0 Å². The van der Waals surface area contributed by atoms with Gasteiger partial charge in [0, 0.05) is 37.3 Å². The minimum Gasteiger partial charge on any atom is -0.339 e. The Hall–Kier alpha value is -2.44. The lowest BCUT2D eigenvalue weighted by Gasteiger charge is -2.40. The summed E-state index contributed by atoms with van der Waals surface area (Å²) in [6.07, 6.45) is 2.25. The van der Waals surface area contributed by atoms with Crippen LogP contribution in [-0.2, 0) is 9.59 Å². The van der Waals surface area contributed by atoms with Crippen molar-refractivity contribution < 1.29 is 14.4 Å². The van der Waals surface area contributed by atoms with Crippen molar-refractivity contribution in [2.75, 3.05) is 13.1 Å². The van der Waals surface area contributed by atoms with E-state index < -0.39 is 12.1 Å². The zero-order valence-electron chi connectivity index (χ0n) is 11.4. The molecule has 4 amide bonds. The molecule has 2 aliphatic heterocycles. The Bertz CT molecular complexity index is 569. The van der Waals surface area contributed by atoms with E-state index in [1.54, 1.807) is 11.1 Å². The molecule has 1 aromatic heterocycles. The summed E-state index contributed by atoms with van der Waals surface area (Å²) in [6, 6.07) is 4.51. The lowest BCUT2D eigenvalue weighted by molar-refractivity contribution is -0.137. The van der Waals surface area contributed by atoms with E-state index in [4.69, 9.17) is 0 Å². The fraction of sp³-hybridized carbons (Fsp3) is 0.429. The summed E-state index contributed by atoms with van der Waals surface area (Å²) >= 11 is 0. The van der Waals surface area contributed by atoms with Gasteiger partial charge in [0.1, 0.15) is 6.04 Å². The van der Waals surface area contributed by atoms with Crippen molar-refractivity contribution in [1.82, 2.24) is 20.5 Å². The third-order valence-corrected chi connectivity index (χ3v) is 3.82. The standard InChI is InChI=1S/C14H16N4O3/c19-12-5-4-11(16-14(21)17-12)13(20)18-7-9(8-18)10-3-1-2-6-15-10/h1-3,6,9,11H,4-5,7-8H2,(H2,16,17,19,21)/t11-/m0/s1. The molecule has 0 radical (unpaired) electrons. The molecule has 110 valence electrons. The minimum absolute atomic E-state index is 0.132. The number of amides is 4. The number of carbonyl (C=O) groups excluding carboxylic acids is 3. The molecule has 0 spiro atoms. The molecule has 1 aromatic rings. The predicted octanol–water partition coefficient (Wildman–Crippen LogP) is -0.00440. The Morgan fingerprint density at radius 2 is 2.10 bits per heavy atom. The summed E-state index contributed by atoms with van der Waals surface area (Å²) in [6.45, 7) is 1.20. The molecule has 3 rings (SSSR count). The van der Waals surface area contributed by atoms with Crippen LogP contribution in [0.15, 0.2) is 24.4 Å². The van der Waals surface area contributed by atoms with Crippen molar-refractivity contribution in [3.63, 3.8) is 0 Å². The molecule has 0 aromatic carbocycles. The Balaban J connectivity index is 1.58. The number of nitrogens with one attached hydrogen (secondary N) is 2. The summed E-state index contributed by atoms with van der Waals surface area (Å²) in [5, 5.41) is 4.70. The lowest BCUT2D eigenvalue weighted by atomic mass is 9.94. The molecule has 2 N–H and O–H groups in total. The molecule has 7 nitrogen and oxygen atoms in total. The summed E-state index contributed by atoms with van der Waals surface area (Å²) in [5.41, 5.74) is 0.975. The van der Waals surface area contributed by atoms with E-state index in [1.807, 2.05) is 18.2 Å². The molecule has 0 saturated carbocycles. The first-order valence-electron chi connectivity index (χ1n) is 6.93. The Labute approximate surface area is 121 Å². The highest BCUT2D eigenvalue weighted by atomic mass is 16.2. The van der Waals surface area contributed by atoms with Gasteiger partial charge in [-0.2, -0.15) is 0 Å². The second-order valence-electron chi connectivity index (χ2n) is 5.31. The normalized spacial score (nSPS) is 22.9. The fourth-order valence-corrected chi connectivity index (χ4v) is 2.60. The van der Waals surface area contributed by atoms with Gasteiger partial charge in [-0.1, -0.05) is 6.07 Å². The largest absolute Gasteiger partial charge is 0.339 e. The first-order valence-corrected chi connectivity index (χ1v) is 6.93. The van der Waals surface area contributed by atoms with Crippen LogP contribution in [0.25, 0.3) is 0 Å². The van der Waals surface area contributed by atoms with Crippen LogP contribution in [0.3, 0.4) is 0 Å². The Kier molecular flexibility index (Phi) is 3.55. The van der Waals surface area contributed by atoms with Crippen molar-refractivity contribution in [1.29, 1.82) is 0 Å². The number of hydrogen-bond donors (Lipinski definition) is 2. The predicted molar refractivity (Wildman–Crippen MR) is 73.3 cm³/mol. The van der Waals surface area contributed by atoms with Gasteiger partial charge in [-0.3, -0.25) is 19.9 Å². The molecule has 2 aliphatic rings. The van der Waals surface area contributed by atoms with Gasteiger partial charge in [0.15, 0.2) is 0 Å². The van der Waals surface area contributed by atoms with Crippen molar-refractivity contribution in [2.24, 2.45) is 0 Å². The van der Waals surface area contributed by atoms with E-state index in [0.717, 1.165) is 5.69 Å². The maximum absolute atomic E-state index is 12.3. The number of aromatic nitrogens is 1. The number of pyridine rings is 1. The molecule has 2 fully saturated rings. The van der Waals surface area contributed by atoms with Gasteiger partial charge in [0.2, 0.25) is 11.8 Å². The average Bonchev–Trinajstić information content (AvgIpc) is 2.59. The third-order valence-electron chi connectivity index (χ3n) is 3.82. The zero-order valence-corrected chi connectivity index (χ0v) is 11.4. The van der Waals surface area contributed by atoms with Gasteiger partial charge in [0.05, 0.1) is 0 Å². The highest BCUT2D eigenvalue weighted by Gasteiger charge is 2.37. The topological polar surface area (TPSA) is 91.4 Å². The van der Waals surface area contributed by atoms with Crippen LogP contribution >= 0.6 is 0 Å². The van der Waals surface area contributed by atoms with Crippen LogP contribution in [0.2, 0.25) is 0 Å². The van der Waals surface area contributed by atoms with Crippen LogP contribution in [0.1, 0.15) is 24.5 Å². The van der Waals surface area contributed by atoms with E-state index in [1.165, 1.54) is 0 Å². The van der Waals surface area contributed by atoms with Crippen LogP contribution in [0.4, 0.5) is 4.79 Å². The molecule has 1 atom stereocenters. The molecule has 0 bridgehead atoms. The Morgan fingerprint density at radius 1 is 1.29 bits per heavy atom.